The SMILES string of the molecule is O=C([O-])/C=C/C(Cl)(Cl)Cl.[Tl+]. The van der Waals surface area contributed by atoms with E-state index in [4.69, 9.17) is 34.8 Å². The third-order valence-corrected chi connectivity index (χ3v) is 0.786. The summed E-state index contributed by atoms with van der Waals surface area (Å²) in [4.78, 5) is 9.67. The number of allylic oxidation sites excluding steroid dienone is 1. The molecule has 0 radical (unpaired) electrons. The van der Waals surface area contributed by atoms with E-state index in [-0.39, 0.29) is 27.3 Å². The van der Waals surface area contributed by atoms with Crippen LogP contribution in [0, 0.1) is 0 Å². The molecule has 0 saturated heterocycles. The molecule has 2 nitrogen and oxygen atoms in total. The molecule has 0 aliphatic heterocycles. The molecule has 0 aliphatic rings. The van der Waals surface area contributed by atoms with E-state index in [0.717, 1.165) is 6.08 Å². The normalized spacial score (nSPS) is 11.1. The molecular formula is C4H2Cl3O2Tl. The predicted octanol–water partition coefficient (Wildman–Crippen LogP) is 0.282. The maximum Gasteiger partial charge on any atom is 1.00 e. The summed E-state index contributed by atoms with van der Waals surface area (Å²) in [5.74, 6) is -1.39. The topological polar surface area (TPSA) is 40.1 Å². The predicted molar refractivity (Wildman–Crippen MR) is 40.2 cm³/mol. The summed E-state index contributed by atoms with van der Waals surface area (Å²) in [6.07, 6.45) is 1.56. The zero-order valence-electron chi connectivity index (χ0n) is 4.68. The summed E-state index contributed by atoms with van der Waals surface area (Å²) >= 11 is 15.4. The van der Waals surface area contributed by atoms with Crippen molar-refractivity contribution in [1.82, 2.24) is 0 Å². The molecule has 0 fully saturated rings. The van der Waals surface area contributed by atoms with Crippen molar-refractivity contribution in [2.45, 2.75) is 3.79 Å². The summed E-state index contributed by atoms with van der Waals surface area (Å²) in [6, 6.07) is 0. The van der Waals surface area contributed by atoms with Crippen molar-refractivity contribution in [2.24, 2.45) is 0 Å². The molecule has 0 amide bonds. The fourth-order valence-electron chi connectivity index (χ4n) is 0.163. The summed E-state index contributed by atoms with van der Waals surface area (Å²) in [5, 5.41) is 9.67. The number of halogens is 3. The minimum atomic E-state index is -1.65. The fraction of sp³-hybridized carbons (Fsp3) is 0.250. The van der Waals surface area contributed by atoms with Gasteiger partial charge in [-0.1, -0.05) is 34.8 Å². The molecule has 0 saturated carbocycles. The van der Waals surface area contributed by atoms with Gasteiger partial charge in [0, 0.05) is 0 Å². The van der Waals surface area contributed by atoms with Gasteiger partial charge in [0.1, 0.15) is 0 Å². The quantitative estimate of drug-likeness (QED) is 0.365. The summed E-state index contributed by atoms with van der Waals surface area (Å²) in [5.41, 5.74) is 0. The molecule has 0 N–H and O–H groups in total. The van der Waals surface area contributed by atoms with Crippen LogP contribution in [0.15, 0.2) is 12.2 Å². The van der Waals surface area contributed by atoms with E-state index in [1.54, 1.807) is 0 Å². The van der Waals surface area contributed by atoms with E-state index in [1.807, 2.05) is 0 Å². The Morgan fingerprint density at radius 3 is 1.90 bits per heavy atom. The fourth-order valence-corrected chi connectivity index (χ4v) is 0.352. The summed E-state index contributed by atoms with van der Waals surface area (Å²) < 4.78 is -1.65. The van der Waals surface area contributed by atoms with Gasteiger partial charge in [-0.2, -0.15) is 0 Å². The van der Waals surface area contributed by atoms with E-state index < -0.39 is 9.76 Å². The number of alkyl halides is 3. The Morgan fingerprint density at radius 2 is 1.80 bits per heavy atom. The number of carboxylic acids is 1. The van der Waals surface area contributed by atoms with Crippen molar-refractivity contribution in [3.63, 3.8) is 0 Å². The van der Waals surface area contributed by atoms with Crippen LogP contribution < -0.4 is 5.11 Å². The smallest absolute Gasteiger partial charge is 0.545 e. The molecule has 0 heterocycles. The van der Waals surface area contributed by atoms with Crippen molar-refractivity contribution < 1.29 is 9.90 Å². The standard InChI is InChI=1S/C4H3Cl3O2.Tl/c5-4(6,7)2-1-3(8)9;/h1-2H,(H,8,9);/q;+1/p-1/b2-1+;. The molecule has 0 aromatic carbocycles. The first-order valence-electron chi connectivity index (χ1n) is 1.89. The van der Waals surface area contributed by atoms with Gasteiger partial charge in [0.15, 0.2) is 0 Å². The average Bonchev–Trinajstić information content (AvgIpc) is 1.59. The van der Waals surface area contributed by atoms with Crippen LogP contribution in [0.1, 0.15) is 0 Å². The van der Waals surface area contributed by atoms with Gasteiger partial charge in [-0.05, 0) is 12.2 Å². The summed E-state index contributed by atoms with van der Waals surface area (Å²) in [7, 11) is 0. The zero-order valence-corrected chi connectivity index (χ0v) is 11.4. The number of hydrogen-bond acceptors (Lipinski definition) is 2. The largest absolute Gasteiger partial charge is 1.00 e. The Balaban J connectivity index is 0. The molecule has 0 aromatic heterocycles. The Kier molecular flexibility index (Phi) is 7.64. The van der Waals surface area contributed by atoms with Crippen molar-refractivity contribution in [1.29, 1.82) is 0 Å². The van der Waals surface area contributed by atoms with Crippen molar-refractivity contribution in [3.8, 4) is 0 Å². The van der Waals surface area contributed by atoms with Crippen LogP contribution in [0.5, 0.6) is 0 Å². The van der Waals surface area contributed by atoms with Crippen molar-refractivity contribution >= 4 is 68.1 Å². The van der Waals surface area contributed by atoms with Crippen LogP contribution in [0.25, 0.3) is 0 Å². The molecule has 0 atom stereocenters. The molecule has 0 unspecified atom stereocenters. The van der Waals surface area contributed by atoms with E-state index in [9.17, 15) is 9.90 Å². The van der Waals surface area contributed by atoms with Crippen LogP contribution in [0.4, 0.5) is 0 Å². The van der Waals surface area contributed by atoms with Gasteiger partial charge in [0.2, 0.25) is 3.79 Å². The van der Waals surface area contributed by atoms with Crippen LogP contribution in [-0.2, 0) is 4.79 Å². The van der Waals surface area contributed by atoms with E-state index in [0.29, 0.717) is 6.08 Å². The van der Waals surface area contributed by atoms with E-state index in [1.165, 1.54) is 0 Å². The number of carbonyl (C=O) groups is 1. The first kappa shape index (κ1) is 13.6. The Labute approximate surface area is 93.3 Å². The number of aliphatic carboxylic acids is 1. The van der Waals surface area contributed by atoms with E-state index >= 15 is 0 Å². The van der Waals surface area contributed by atoms with Crippen LogP contribution in [-0.4, -0.2) is 37.1 Å². The van der Waals surface area contributed by atoms with Crippen molar-refractivity contribution in [3.05, 3.63) is 12.2 Å². The van der Waals surface area contributed by atoms with E-state index in [2.05, 4.69) is 0 Å². The van der Waals surface area contributed by atoms with Gasteiger partial charge in [-0.15, -0.1) is 0 Å². The van der Waals surface area contributed by atoms with Crippen LogP contribution in [0.2, 0.25) is 0 Å². The second kappa shape index (κ2) is 5.63. The number of carbonyl (C=O) groups excluding carboxylic acids is 1. The number of rotatable bonds is 1. The third-order valence-electron chi connectivity index (χ3n) is 0.408. The number of hydrogen-bond donors (Lipinski definition) is 0. The van der Waals surface area contributed by atoms with Gasteiger partial charge in [0.05, 0.1) is 5.97 Å². The Morgan fingerprint density at radius 1 is 1.40 bits per heavy atom. The minimum Gasteiger partial charge on any atom is -0.545 e. The molecular weight excluding hydrogens is 391 g/mol. The first-order valence-corrected chi connectivity index (χ1v) is 3.02. The molecule has 0 rings (SSSR count). The van der Waals surface area contributed by atoms with Crippen LogP contribution in [0.3, 0.4) is 0 Å². The second-order valence-corrected chi connectivity index (χ2v) is 3.56. The molecule has 0 spiro atoms. The molecule has 0 aromatic rings. The number of carboxylic acid groups (broad SMARTS) is 1. The Hall–Kier alpha value is 1.00. The molecule has 10 heavy (non-hydrogen) atoms. The molecule has 0 aliphatic carbocycles. The maximum absolute atomic E-state index is 9.67. The Bertz CT molecular complexity index is 140. The second-order valence-electron chi connectivity index (χ2n) is 1.19. The monoisotopic (exact) mass is 392 g/mol. The zero-order chi connectivity index (χ0) is 7.49. The van der Waals surface area contributed by atoms with Gasteiger partial charge in [-0.3, -0.25) is 0 Å². The third kappa shape index (κ3) is 11.8. The van der Waals surface area contributed by atoms with Crippen molar-refractivity contribution in [2.75, 3.05) is 0 Å². The van der Waals surface area contributed by atoms with Gasteiger partial charge in [0.25, 0.3) is 0 Å². The van der Waals surface area contributed by atoms with Gasteiger partial charge < -0.3 is 9.90 Å². The molecule has 6 heteroatoms. The minimum absolute atomic E-state index is 0. The van der Waals surface area contributed by atoms with Gasteiger partial charge >= 0.3 is 27.3 Å². The first-order chi connectivity index (χ1) is 3.92. The average molecular weight is 393 g/mol. The summed E-state index contributed by atoms with van der Waals surface area (Å²) in [6.45, 7) is 0. The maximum atomic E-state index is 9.67. The van der Waals surface area contributed by atoms with Gasteiger partial charge in [-0.25, -0.2) is 0 Å². The molecule has 54 valence electrons. The molecule has 0 bridgehead atoms. The van der Waals surface area contributed by atoms with Crippen LogP contribution >= 0.6 is 34.8 Å².